The zero-order valence-electron chi connectivity index (χ0n) is 17.3. The van der Waals surface area contributed by atoms with Gasteiger partial charge in [0, 0.05) is 19.4 Å². The number of hydrogen-bond acceptors (Lipinski definition) is 6. The third-order valence-corrected chi connectivity index (χ3v) is 6.14. The van der Waals surface area contributed by atoms with Crippen LogP contribution in [0.1, 0.15) is 17.5 Å². The lowest BCUT2D eigenvalue weighted by atomic mass is 10.1. The summed E-state index contributed by atoms with van der Waals surface area (Å²) in [4.78, 5) is 38.5. The van der Waals surface area contributed by atoms with Crippen LogP contribution >= 0.6 is 24.0 Å². The summed E-state index contributed by atoms with van der Waals surface area (Å²) in [6.45, 7) is 0.0775. The van der Waals surface area contributed by atoms with Crippen LogP contribution in [0.2, 0.25) is 0 Å². The van der Waals surface area contributed by atoms with Crippen molar-refractivity contribution in [2.24, 2.45) is 0 Å². The molecule has 1 atom stereocenters. The van der Waals surface area contributed by atoms with Gasteiger partial charge >= 0.3 is 5.97 Å². The molecule has 0 spiro atoms. The molecule has 1 saturated heterocycles. The highest BCUT2D eigenvalue weighted by Crippen LogP contribution is 2.32. The molecule has 0 radical (unpaired) electrons. The third-order valence-electron chi connectivity index (χ3n) is 4.77. The van der Waals surface area contributed by atoms with Crippen LogP contribution in [0.4, 0.5) is 0 Å². The summed E-state index contributed by atoms with van der Waals surface area (Å²) in [5.41, 5.74) is 1.63. The number of nitrogens with zero attached hydrogens (tertiary/aromatic N) is 1. The van der Waals surface area contributed by atoms with E-state index in [1.165, 1.54) is 16.7 Å². The SMILES string of the molecule is COc1ccc(/C=C2/SC(=S)N(CCC(=O)NC(Cc3ccccc3)C(=O)O)C2=O)cc1. The Hall–Kier alpha value is -3.17. The third kappa shape index (κ3) is 6.18. The van der Waals surface area contributed by atoms with Crippen molar-refractivity contribution in [1.29, 1.82) is 0 Å². The molecular formula is C23H22N2O5S2. The number of carboxylic acid groups (broad SMARTS) is 1. The van der Waals surface area contributed by atoms with Crippen LogP contribution in [-0.2, 0) is 20.8 Å². The Balaban J connectivity index is 1.57. The lowest BCUT2D eigenvalue weighted by Gasteiger charge is -2.17. The Bertz CT molecular complexity index is 1040. The predicted octanol–water partition coefficient (Wildman–Crippen LogP) is 3.10. The molecule has 7 nitrogen and oxygen atoms in total. The summed E-state index contributed by atoms with van der Waals surface area (Å²) in [6.07, 6.45) is 1.85. The fourth-order valence-corrected chi connectivity index (χ4v) is 4.38. The summed E-state index contributed by atoms with van der Waals surface area (Å²) in [5.74, 6) is -1.13. The minimum Gasteiger partial charge on any atom is -0.497 e. The first-order valence-corrected chi connectivity index (χ1v) is 11.1. The Morgan fingerprint density at radius 3 is 2.50 bits per heavy atom. The van der Waals surface area contributed by atoms with E-state index in [0.29, 0.717) is 15.0 Å². The number of thioether (sulfide) groups is 1. The van der Waals surface area contributed by atoms with Crippen molar-refractivity contribution in [3.8, 4) is 5.75 Å². The highest BCUT2D eigenvalue weighted by Gasteiger charge is 2.32. The topological polar surface area (TPSA) is 95.9 Å². The van der Waals surface area contributed by atoms with E-state index in [-0.39, 0.29) is 25.3 Å². The highest BCUT2D eigenvalue weighted by atomic mass is 32.2. The zero-order chi connectivity index (χ0) is 23.1. The van der Waals surface area contributed by atoms with Gasteiger partial charge in [0.1, 0.15) is 16.1 Å². The Morgan fingerprint density at radius 1 is 1.19 bits per heavy atom. The number of rotatable bonds is 9. The van der Waals surface area contributed by atoms with Gasteiger partial charge in [-0.3, -0.25) is 14.5 Å². The fraction of sp³-hybridized carbons (Fsp3) is 0.217. The average molecular weight is 471 g/mol. The van der Waals surface area contributed by atoms with Gasteiger partial charge in [0.25, 0.3) is 5.91 Å². The maximum atomic E-state index is 12.7. The molecule has 32 heavy (non-hydrogen) atoms. The lowest BCUT2D eigenvalue weighted by Crippen LogP contribution is -2.43. The number of carboxylic acids is 1. The van der Waals surface area contributed by atoms with Crippen LogP contribution in [0.15, 0.2) is 59.5 Å². The maximum absolute atomic E-state index is 12.7. The first-order chi connectivity index (χ1) is 15.4. The second-order valence-corrected chi connectivity index (χ2v) is 8.68. The van der Waals surface area contributed by atoms with Gasteiger partial charge in [-0.05, 0) is 29.3 Å². The standard InChI is InChI=1S/C23H22N2O5S2/c1-30-17-9-7-16(8-10-17)14-19-21(27)25(23(31)32-19)12-11-20(26)24-18(22(28)29)13-15-5-3-2-4-6-15/h2-10,14,18H,11-13H2,1H3,(H,24,26)(H,28,29)/b19-14+. The van der Waals surface area contributed by atoms with Gasteiger partial charge in [-0.1, -0.05) is 66.4 Å². The summed E-state index contributed by atoms with van der Waals surface area (Å²) >= 11 is 6.47. The molecule has 0 aromatic heterocycles. The van der Waals surface area contributed by atoms with Crippen molar-refractivity contribution in [2.45, 2.75) is 18.9 Å². The number of hydrogen-bond donors (Lipinski definition) is 2. The molecule has 0 aliphatic carbocycles. The molecule has 1 fully saturated rings. The van der Waals surface area contributed by atoms with E-state index in [1.807, 2.05) is 30.3 Å². The van der Waals surface area contributed by atoms with Crippen molar-refractivity contribution in [3.05, 3.63) is 70.6 Å². The molecule has 2 amide bonds. The van der Waals surface area contributed by atoms with E-state index in [4.69, 9.17) is 17.0 Å². The Labute approximate surface area is 195 Å². The van der Waals surface area contributed by atoms with Crippen LogP contribution < -0.4 is 10.1 Å². The normalized spacial score (nSPS) is 15.7. The van der Waals surface area contributed by atoms with E-state index in [1.54, 1.807) is 37.5 Å². The molecule has 2 aromatic carbocycles. The van der Waals surface area contributed by atoms with E-state index in [0.717, 1.165) is 11.1 Å². The van der Waals surface area contributed by atoms with Crippen LogP contribution in [0, 0.1) is 0 Å². The Kier molecular flexibility index (Phi) is 8.02. The molecule has 2 N–H and O–H groups in total. The first-order valence-electron chi connectivity index (χ1n) is 9.83. The molecule has 0 saturated carbocycles. The van der Waals surface area contributed by atoms with Crippen LogP contribution in [0.25, 0.3) is 6.08 Å². The maximum Gasteiger partial charge on any atom is 0.326 e. The van der Waals surface area contributed by atoms with Gasteiger partial charge in [-0.2, -0.15) is 0 Å². The van der Waals surface area contributed by atoms with E-state index < -0.39 is 17.9 Å². The van der Waals surface area contributed by atoms with E-state index >= 15 is 0 Å². The van der Waals surface area contributed by atoms with Gasteiger partial charge in [-0.15, -0.1) is 0 Å². The number of nitrogens with one attached hydrogen (secondary N) is 1. The first kappa shape index (κ1) is 23.5. The monoisotopic (exact) mass is 470 g/mol. The van der Waals surface area contributed by atoms with Gasteiger partial charge in [0.15, 0.2) is 0 Å². The second kappa shape index (κ2) is 10.9. The molecule has 1 aliphatic heterocycles. The summed E-state index contributed by atoms with van der Waals surface area (Å²) < 4.78 is 5.49. The van der Waals surface area contributed by atoms with Crippen LogP contribution in [-0.4, -0.2) is 51.8 Å². The largest absolute Gasteiger partial charge is 0.497 e. The summed E-state index contributed by atoms with van der Waals surface area (Å²) in [6, 6.07) is 15.3. The van der Waals surface area contributed by atoms with Crippen molar-refractivity contribution in [1.82, 2.24) is 10.2 Å². The minimum absolute atomic E-state index is 0.0547. The number of carbonyl (C=O) groups is 3. The molecule has 1 aliphatic rings. The minimum atomic E-state index is -1.12. The molecular weight excluding hydrogens is 448 g/mol. The number of ether oxygens (including phenoxy) is 1. The number of aliphatic carboxylic acids is 1. The molecule has 1 heterocycles. The quantitative estimate of drug-likeness (QED) is 0.429. The molecule has 2 aromatic rings. The molecule has 166 valence electrons. The smallest absolute Gasteiger partial charge is 0.326 e. The van der Waals surface area contributed by atoms with Gasteiger partial charge in [-0.25, -0.2) is 4.79 Å². The van der Waals surface area contributed by atoms with Crippen molar-refractivity contribution >= 4 is 52.2 Å². The molecule has 3 rings (SSSR count). The highest BCUT2D eigenvalue weighted by molar-refractivity contribution is 8.26. The predicted molar refractivity (Wildman–Crippen MR) is 127 cm³/mol. The van der Waals surface area contributed by atoms with E-state index in [2.05, 4.69) is 5.32 Å². The number of methoxy groups -OCH3 is 1. The number of thiocarbonyl (C=S) groups is 1. The lowest BCUT2D eigenvalue weighted by molar-refractivity contribution is -0.141. The summed E-state index contributed by atoms with van der Waals surface area (Å²) in [5, 5.41) is 12.0. The van der Waals surface area contributed by atoms with E-state index in [9.17, 15) is 19.5 Å². The van der Waals surface area contributed by atoms with Gasteiger partial charge < -0.3 is 15.2 Å². The van der Waals surface area contributed by atoms with Crippen molar-refractivity contribution in [3.63, 3.8) is 0 Å². The number of carbonyl (C=O) groups excluding carboxylic acids is 2. The van der Waals surface area contributed by atoms with Crippen molar-refractivity contribution < 1.29 is 24.2 Å². The second-order valence-electron chi connectivity index (χ2n) is 7.00. The molecule has 1 unspecified atom stereocenters. The number of benzene rings is 2. The van der Waals surface area contributed by atoms with Crippen LogP contribution in [0.3, 0.4) is 0 Å². The van der Waals surface area contributed by atoms with Crippen molar-refractivity contribution in [2.75, 3.05) is 13.7 Å². The average Bonchev–Trinajstić information content (AvgIpc) is 3.05. The summed E-state index contributed by atoms with van der Waals surface area (Å²) in [7, 11) is 1.58. The fourth-order valence-electron chi connectivity index (χ4n) is 3.07. The van der Waals surface area contributed by atoms with Crippen LogP contribution in [0.5, 0.6) is 5.75 Å². The number of amides is 2. The van der Waals surface area contributed by atoms with Gasteiger partial charge in [0.05, 0.1) is 12.0 Å². The molecule has 9 heteroatoms. The molecule has 0 bridgehead atoms. The Morgan fingerprint density at radius 2 is 1.88 bits per heavy atom. The van der Waals surface area contributed by atoms with Gasteiger partial charge in [0.2, 0.25) is 5.91 Å². The zero-order valence-corrected chi connectivity index (χ0v) is 18.9.